The fourth-order valence-electron chi connectivity index (χ4n) is 0.659. The Bertz CT molecular complexity index is 88.2. The SMILES string of the molecule is O[C@H]1[C@H](O)CS[CH][C@@H]1O. The summed E-state index contributed by atoms with van der Waals surface area (Å²) < 4.78 is 0. The van der Waals surface area contributed by atoms with E-state index in [-0.39, 0.29) is 0 Å². The van der Waals surface area contributed by atoms with Gasteiger partial charge in [0.25, 0.3) is 0 Å². The van der Waals surface area contributed by atoms with E-state index < -0.39 is 18.3 Å². The Balaban J connectivity index is 2.41. The average Bonchev–Trinajstić information content (AvgIpc) is 1.83. The first-order chi connectivity index (χ1) is 4.22. The summed E-state index contributed by atoms with van der Waals surface area (Å²) in [7, 11) is 0. The second-order valence-corrected chi connectivity index (χ2v) is 2.96. The molecule has 0 bridgehead atoms. The number of hydrogen-bond acceptors (Lipinski definition) is 4. The van der Waals surface area contributed by atoms with E-state index in [0.29, 0.717) is 5.75 Å². The van der Waals surface area contributed by atoms with Gasteiger partial charge in [-0.2, -0.15) is 11.8 Å². The van der Waals surface area contributed by atoms with E-state index in [1.165, 1.54) is 17.5 Å². The Kier molecular flexibility index (Phi) is 2.35. The number of hydrogen-bond donors (Lipinski definition) is 3. The third-order valence-electron chi connectivity index (χ3n) is 1.25. The fourth-order valence-corrected chi connectivity index (χ4v) is 1.52. The molecule has 1 saturated heterocycles. The van der Waals surface area contributed by atoms with Crippen molar-refractivity contribution in [2.75, 3.05) is 5.75 Å². The Morgan fingerprint density at radius 3 is 2.44 bits per heavy atom. The Morgan fingerprint density at radius 1 is 1.33 bits per heavy atom. The second-order valence-electron chi connectivity index (χ2n) is 2.02. The largest absolute Gasteiger partial charge is 0.389 e. The highest BCUT2D eigenvalue weighted by molar-refractivity contribution is 8.01. The summed E-state index contributed by atoms with van der Waals surface area (Å²) in [6.45, 7) is 0. The van der Waals surface area contributed by atoms with Gasteiger partial charge in [-0.05, 0) is 0 Å². The lowest BCUT2D eigenvalue weighted by Crippen LogP contribution is -2.41. The van der Waals surface area contributed by atoms with Crippen molar-refractivity contribution in [2.24, 2.45) is 0 Å². The summed E-state index contributed by atoms with van der Waals surface area (Å²) in [5.41, 5.74) is 0. The summed E-state index contributed by atoms with van der Waals surface area (Å²) in [4.78, 5) is 0. The van der Waals surface area contributed by atoms with Crippen molar-refractivity contribution in [3.63, 3.8) is 0 Å². The molecular weight excluding hydrogens is 140 g/mol. The summed E-state index contributed by atoms with van der Waals surface area (Å²) >= 11 is 1.33. The molecule has 1 aliphatic heterocycles. The third kappa shape index (κ3) is 1.58. The minimum atomic E-state index is -0.994. The highest BCUT2D eigenvalue weighted by atomic mass is 32.2. The predicted octanol–water partition coefficient (Wildman–Crippen LogP) is -1.02. The third-order valence-corrected chi connectivity index (χ3v) is 2.25. The topological polar surface area (TPSA) is 60.7 Å². The molecule has 0 aromatic heterocycles. The monoisotopic (exact) mass is 149 g/mol. The first-order valence-electron chi connectivity index (χ1n) is 2.71. The maximum atomic E-state index is 8.90. The van der Waals surface area contributed by atoms with Crippen molar-refractivity contribution in [3.8, 4) is 0 Å². The molecule has 9 heavy (non-hydrogen) atoms. The quantitative estimate of drug-likeness (QED) is 0.412. The number of rotatable bonds is 0. The highest BCUT2D eigenvalue weighted by Crippen LogP contribution is 2.21. The fraction of sp³-hybridized carbons (Fsp3) is 0.800. The van der Waals surface area contributed by atoms with Crippen molar-refractivity contribution in [3.05, 3.63) is 5.75 Å². The molecule has 1 fully saturated rings. The molecule has 53 valence electrons. The molecule has 0 spiro atoms. The van der Waals surface area contributed by atoms with Crippen LogP contribution in [0.4, 0.5) is 0 Å². The van der Waals surface area contributed by atoms with Gasteiger partial charge >= 0.3 is 0 Å². The molecule has 0 aliphatic carbocycles. The lowest BCUT2D eigenvalue weighted by Gasteiger charge is -2.26. The molecule has 1 rings (SSSR count). The van der Waals surface area contributed by atoms with Crippen LogP contribution in [0, 0.1) is 5.75 Å². The van der Waals surface area contributed by atoms with Crippen LogP contribution >= 0.6 is 11.8 Å². The van der Waals surface area contributed by atoms with Gasteiger partial charge in [-0.3, -0.25) is 0 Å². The van der Waals surface area contributed by atoms with Crippen molar-refractivity contribution < 1.29 is 15.3 Å². The zero-order chi connectivity index (χ0) is 6.85. The van der Waals surface area contributed by atoms with Crippen molar-refractivity contribution in [1.82, 2.24) is 0 Å². The molecule has 0 amide bonds. The molecule has 3 N–H and O–H groups in total. The molecule has 1 heterocycles. The van der Waals surface area contributed by atoms with Crippen LogP contribution in [0.2, 0.25) is 0 Å². The maximum absolute atomic E-state index is 8.90. The first-order valence-corrected chi connectivity index (χ1v) is 3.76. The van der Waals surface area contributed by atoms with Crippen LogP contribution < -0.4 is 0 Å². The zero-order valence-corrected chi connectivity index (χ0v) is 5.58. The Hall–Kier alpha value is 0.230. The van der Waals surface area contributed by atoms with E-state index in [9.17, 15) is 0 Å². The highest BCUT2D eigenvalue weighted by Gasteiger charge is 2.29. The van der Waals surface area contributed by atoms with E-state index in [1.807, 2.05) is 0 Å². The predicted molar refractivity (Wildman–Crippen MR) is 34.8 cm³/mol. The Morgan fingerprint density at radius 2 is 2.00 bits per heavy atom. The summed E-state index contributed by atoms with van der Waals surface area (Å²) in [5.74, 6) is 2.00. The number of aliphatic hydroxyl groups is 3. The molecule has 1 aliphatic rings. The number of thioether (sulfide) groups is 1. The summed E-state index contributed by atoms with van der Waals surface area (Å²) in [6.07, 6.45) is -2.65. The molecule has 1 radical (unpaired) electrons. The molecule has 0 aromatic carbocycles. The van der Waals surface area contributed by atoms with E-state index >= 15 is 0 Å². The molecular formula is C5H9O3S. The lowest BCUT2D eigenvalue weighted by atomic mass is 10.1. The normalized spacial score (nSPS) is 45.0. The van der Waals surface area contributed by atoms with E-state index in [4.69, 9.17) is 15.3 Å². The van der Waals surface area contributed by atoms with Crippen molar-refractivity contribution >= 4 is 11.8 Å². The van der Waals surface area contributed by atoms with Crippen LogP contribution in [0.3, 0.4) is 0 Å². The van der Waals surface area contributed by atoms with Gasteiger partial charge in [0.2, 0.25) is 0 Å². The molecule has 4 heteroatoms. The minimum absolute atomic E-state index is 0.470. The average molecular weight is 149 g/mol. The Labute approximate surface area is 57.7 Å². The minimum Gasteiger partial charge on any atom is -0.389 e. The smallest absolute Gasteiger partial charge is 0.108 e. The van der Waals surface area contributed by atoms with Crippen LogP contribution in [0.15, 0.2) is 0 Å². The van der Waals surface area contributed by atoms with Gasteiger partial charge in [0, 0.05) is 11.5 Å². The van der Waals surface area contributed by atoms with Gasteiger partial charge in [-0.25, -0.2) is 0 Å². The van der Waals surface area contributed by atoms with Crippen LogP contribution in [0.1, 0.15) is 0 Å². The van der Waals surface area contributed by atoms with Crippen LogP contribution in [-0.4, -0.2) is 39.4 Å². The summed E-state index contributed by atoms with van der Waals surface area (Å²) in [5, 5.41) is 26.7. The first kappa shape index (κ1) is 7.34. The van der Waals surface area contributed by atoms with Gasteiger partial charge < -0.3 is 15.3 Å². The van der Waals surface area contributed by atoms with Gasteiger partial charge in [0.15, 0.2) is 0 Å². The standard InChI is InChI=1S/C5H9O3S/c6-3-1-9-2-4(7)5(3)8/h1,3-8H,2H2/t3-,4+,5+/m0/s1. The molecule has 3 nitrogen and oxygen atoms in total. The second kappa shape index (κ2) is 2.88. The lowest BCUT2D eigenvalue weighted by molar-refractivity contribution is -0.0368. The van der Waals surface area contributed by atoms with Gasteiger partial charge in [-0.15, -0.1) is 0 Å². The molecule has 0 saturated carbocycles. The van der Waals surface area contributed by atoms with Crippen LogP contribution in [0.25, 0.3) is 0 Å². The van der Waals surface area contributed by atoms with E-state index in [0.717, 1.165) is 0 Å². The molecule has 3 atom stereocenters. The summed E-state index contributed by atoms with van der Waals surface area (Å²) in [6, 6.07) is 0. The van der Waals surface area contributed by atoms with Gasteiger partial charge in [-0.1, -0.05) is 0 Å². The van der Waals surface area contributed by atoms with Crippen LogP contribution in [-0.2, 0) is 0 Å². The van der Waals surface area contributed by atoms with Crippen molar-refractivity contribution in [2.45, 2.75) is 18.3 Å². The number of aliphatic hydroxyl groups excluding tert-OH is 3. The maximum Gasteiger partial charge on any atom is 0.108 e. The van der Waals surface area contributed by atoms with Crippen LogP contribution in [0.5, 0.6) is 0 Å². The molecule has 0 aromatic rings. The van der Waals surface area contributed by atoms with Gasteiger partial charge in [0.1, 0.15) is 6.10 Å². The van der Waals surface area contributed by atoms with Crippen molar-refractivity contribution in [1.29, 1.82) is 0 Å². The van der Waals surface area contributed by atoms with E-state index in [1.54, 1.807) is 0 Å². The van der Waals surface area contributed by atoms with E-state index in [2.05, 4.69) is 0 Å². The zero-order valence-electron chi connectivity index (χ0n) is 4.77. The van der Waals surface area contributed by atoms with Gasteiger partial charge in [0.05, 0.1) is 12.2 Å². The molecule has 0 unspecified atom stereocenters.